The number of amides is 3. The van der Waals surface area contributed by atoms with E-state index >= 15 is 0 Å². The third kappa shape index (κ3) is 7.99. The first kappa shape index (κ1) is 30.0. The SMILES string of the molecule is COc1ccc(COC(=O)C2=C(C=CC[N+](C)(C)CC(N)=O)CS[C@H]3[C@H](NC(=O)OC(C)(C)C)C(=O)N23)cc1. The van der Waals surface area contributed by atoms with Gasteiger partial charge in [0.1, 0.15) is 35.1 Å². The highest BCUT2D eigenvalue weighted by Gasteiger charge is 2.54. The second-order valence-electron chi connectivity index (χ2n) is 11.0. The number of alkyl carbamates (subject to hydrolysis) is 1. The van der Waals surface area contributed by atoms with E-state index in [4.69, 9.17) is 19.9 Å². The number of quaternary nitrogens is 1. The Balaban J connectivity index is 1.81. The molecule has 3 amide bonds. The summed E-state index contributed by atoms with van der Waals surface area (Å²) in [6.07, 6.45) is 2.92. The molecule has 0 aliphatic carbocycles. The molecule has 0 bridgehead atoms. The first-order valence-corrected chi connectivity index (χ1v) is 13.5. The summed E-state index contributed by atoms with van der Waals surface area (Å²) in [6.45, 7) is 5.84. The second kappa shape index (κ2) is 12.1. The van der Waals surface area contributed by atoms with Gasteiger partial charge in [-0.1, -0.05) is 18.2 Å². The van der Waals surface area contributed by atoms with Crippen LogP contribution in [-0.2, 0) is 30.5 Å². The molecule has 2 aliphatic rings. The molecule has 2 atom stereocenters. The molecule has 2 aliphatic heterocycles. The summed E-state index contributed by atoms with van der Waals surface area (Å²) >= 11 is 1.43. The minimum Gasteiger partial charge on any atom is -0.497 e. The fraction of sp³-hybridized carbons (Fsp3) is 0.481. The van der Waals surface area contributed by atoms with Crippen molar-refractivity contribution >= 4 is 35.6 Å². The van der Waals surface area contributed by atoms with E-state index in [-0.39, 0.29) is 18.8 Å². The number of allylic oxidation sites excluding steroid dienone is 1. The van der Waals surface area contributed by atoms with Crippen molar-refractivity contribution in [2.45, 2.75) is 44.4 Å². The Morgan fingerprint density at radius 1 is 1.21 bits per heavy atom. The Hall–Kier alpha value is -3.51. The lowest BCUT2D eigenvalue weighted by molar-refractivity contribution is -0.876. The topological polar surface area (TPSA) is 137 Å². The van der Waals surface area contributed by atoms with Crippen molar-refractivity contribution in [1.82, 2.24) is 10.2 Å². The van der Waals surface area contributed by atoms with E-state index in [1.165, 1.54) is 16.7 Å². The summed E-state index contributed by atoms with van der Waals surface area (Å²) in [5.74, 6) is -0.398. The fourth-order valence-corrected chi connectivity index (χ4v) is 5.42. The number of nitrogens with zero attached hydrogens (tertiary/aromatic N) is 2. The summed E-state index contributed by atoms with van der Waals surface area (Å²) in [4.78, 5) is 51.6. The number of benzene rings is 1. The van der Waals surface area contributed by atoms with Crippen LogP contribution in [0.1, 0.15) is 26.3 Å². The number of hydrogen-bond acceptors (Lipinski definition) is 8. The van der Waals surface area contributed by atoms with Gasteiger partial charge in [-0.05, 0) is 50.1 Å². The van der Waals surface area contributed by atoms with Gasteiger partial charge >= 0.3 is 12.1 Å². The van der Waals surface area contributed by atoms with Gasteiger partial charge in [-0.15, -0.1) is 11.8 Å². The van der Waals surface area contributed by atoms with E-state index in [9.17, 15) is 19.2 Å². The highest BCUT2D eigenvalue weighted by Crippen LogP contribution is 2.41. The van der Waals surface area contributed by atoms with Crippen LogP contribution in [0.2, 0.25) is 0 Å². The Morgan fingerprint density at radius 2 is 1.87 bits per heavy atom. The van der Waals surface area contributed by atoms with E-state index < -0.39 is 40.9 Å². The summed E-state index contributed by atoms with van der Waals surface area (Å²) in [5.41, 5.74) is 6.13. The van der Waals surface area contributed by atoms with Crippen molar-refractivity contribution in [2.24, 2.45) is 5.73 Å². The number of methoxy groups -OCH3 is 1. The van der Waals surface area contributed by atoms with Crippen LogP contribution < -0.4 is 15.8 Å². The molecule has 0 radical (unpaired) electrons. The summed E-state index contributed by atoms with van der Waals surface area (Å²) < 4.78 is 16.4. The van der Waals surface area contributed by atoms with Crippen molar-refractivity contribution in [2.75, 3.05) is 40.0 Å². The lowest BCUT2D eigenvalue weighted by Crippen LogP contribution is -2.70. The molecule has 11 nitrogen and oxygen atoms in total. The molecule has 0 saturated carbocycles. The minimum absolute atomic E-state index is 0.00524. The highest BCUT2D eigenvalue weighted by atomic mass is 32.2. The smallest absolute Gasteiger partial charge is 0.408 e. The summed E-state index contributed by atoms with van der Waals surface area (Å²) in [5, 5.41) is 2.14. The molecular formula is C27H37N4O7S+. The lowest BCUT2D eigenvalue weighted by atomic mass is 10.0. The van der Waals surface area contributed by atoms with Gasteiger partial charge < -0.3 is 29.7 Å². The maximum atomic E-state index is 13.3. The predicted molar refractivity (Wildman–Crippen MR) is 146 cm³/mol. The molecule has 1 fully saturated rings. The molecule has 3 N–H and O–H groups in total. The zero-order valence-corrected chi connectivity index (χ0v) is 24.0. The molecule has 2 heterocycles. The van der Waals surface area contributed by atoms with Gasteiger partial charge in [-0.25, -0.2) is 9.59 Å². The number of likely N-dealkylation sites (N-methyl/N-ethyl adjacent to an activating group) is 1. The number of carbonyl (C=O) groups excluding carboxylic acids is 4. The number of esters is 1. The molecule has 1 saturated heterocycles. The van der Waals surface area contributed by atoms with Gasteiger partial charge in [0.05, 0.1) is 27.7 Å². The number of nitrogens with two attached hydrogens (primary N) is 1. The number of thioether (sulfide) groups is 1. The van der Waals surface area contributed by atoms with Crippen LogP contribution in [-0.4, -0.2) is 90.3 Å². The molecule has 0 unspecified atom stereocenters. The van der Waals surface area contributed by atoms with E-state index in [0.29, 0.717) is 28.1 Å². The third-order valence-corrected chi connectivity index (χ3v) is 7.20. The molecule has 212 valence electrons. The van der Waals surface area contributed by atoms with Crippen molar-refractivity contribution in [3.63, 3.8) is 0 Å². The molecule has 3 rings (SSSR count). The van der Waals surface area contributed by atoms with Crippen LogP contribution in [0.15, 0.2) is 47.7 Å². The van der Waals surface area contributed by atoms with Crippen LogP contribution >= 0.6 is 11.8 Å². The standard InChI is InChI=1S/C27H36N4O7S/c1-27(2,3)38-26(35)29-21-23(33)30-22(25(34)37-15-17-9-11-19(36-6)12-10-17)18(16-39-24(21)30)8-7-13-31(4,5)14-20(28)32/h7-12,21,24H,13-16H2,1-6H3,(H2-,28,29,32,35)/p+1/t21-,24+/m1/s1. The Morgan fingerprint density at radius 3 is 2.46 bits per heavy atom. The number of ether oxygens (including phenoxy) is 3. The third-order valence-electron chi connectivity index (χ3n) is 5.89. The number of rotatable bonds is 10. The van der Waals surface area contributed by atoms with E-state index in [1.807, 2.05) is 20.2 Å². The molecule has 1 aromatic carbocycles. The van der Waals surface area contributed by atoms with Gasteiger partial charge in [0.2, 0.25) is 0 Å². The average molecular weight is 562 g/mol. The largest absolute Gasteiger partial charge is 0.497 e. The van der Waals surface area contributed by atoms with Gasteiger partial charge in [0, 0.05) is 5.75 Å². The van der Waals surface area contributed by atoms with Gasteiger partial charge in [0.15, 0.2) is 6.54 Å². The molecular weight excluding hydrogens is 524 g/mol. The maximum Gasteiger partial charge on any atom is 0.408 e. The number of fused-ring (bicyclic) bond motifs is 1. The van der Waals surface area contributed by atoms with Crippen molar-refractivity contribution in [3.8, 4) is 5.75 Å². The van der Waals surface area contributed by atoms with Gasteiger partial charge in [-0.2, -0.15) is 0 Å². The normalized spacial score (nSPS) is 19.3. The second-order valence-corrected chi connectivity index (χ2v) is 12.1. The predicted octanol–water partition coefficient (Wildman–Crippen LogP) is 1.92. The van der Waals surface area contributed by atoms with Crippen molar-refractivity contribution < 1.29 is 37.9 Å². The van der Waals surface area contributed by atoms with Crippen molar-refractivity contribution in [3.05, 3.63) is 53.3 Å². The van der Waals surface area contributed by atoms with Crippen LogP contribution in [0.25, 0.3) is 0 Å². The van der Waals surface area contributed by atoms with Crippen LogP contribution in [0.4, 0.5) is 4.79 Å². The zero-order valence-electron chi connectivity index (χ0n) is 23.2. The highest BCUT2D eigenvalue weighted by molar-refractivity contribution is 8.00. The fourth-order valence-electron chi connectivity index (χ4n) is 4.10. The molecule has 39 heavy (non-hydrogen) atoms. The first-order valence-electron chi connectivity index (χ1n) is 12.4. The van der Waals surface area contributed by atoms with Crippen LogP contribution in [0.5, 0.6) is 5.75 Å². The van der Waals surface area contributed by atoms with E-state index in [0.717, 1.165) is 5.56 Å². The Labute approximate surface area is 232 Å². The number of nitrogens with one attached hydrogen (secondary N) is 1. The number of carbonyl (C=O) groups is 4. The minimum atomic E-state index is -0.828. The lowest BCUT2D eigenvalue weighted by Gasteiger charge is -2.49. The monoisotopic (exact) mass is 561 g/mol. The van der Waals surface area contributed by atoms with Crippen LogP contribution in [0, 0.1) is 0 Å². The number of primary amides is 1. The number of β-lactam (4-membered cyclic amide) rings is 1. The van der Waals surface area contributed by atoms with E-state index in [1.54, 1.807) is 58.2 Å². The maximum absolute atomic E-state index is 13.3. The van der Waals surface area contributed by atoms with Gasteiger partial charge in [0.25, 0.3) is 11.8 Å². The van der Waals surface area contributed by atoms with Crippen LogP contribution in [0.3, 0.4) is 0 Å². The molecule has 0 spiro atoms. The van der Waals surface area contributed by atoms with Crippen molar-refractivity contribution in [1.29, 1.82) is 0 Å². The molecule has 0 aromatic heterocycles. The quantitative estimate of drug-likeness (QED) is 0.251. The average Bonchev–Trinajstić information content (AvgIpc) is 2.83. The molecule has 1 aromatic rings. The summed E-state index contributed by atoms with van der Waals surface area (Å²) in [7, 11) is 5.30. The zero-order chi connectivity index (χ0) is 29.0. The molecule has 12 heteroatoms. The first-order chi connectivity index (χ1) is 18.2. The van der Waals surface area contributed by atoms with Gasteiger partial charge in [-0.3, -0.25) is 14.5 Å². The Kier molecular flexibility index (Phi) is 9.34. The summed E-state index contributed by atoms with van der Waals surface area (Å²) in [6, 6.07) is 6.28. The van der Waals surface area contributed by atoms with E-state index in [2.05, 4.69) is 5.32 Å². The number of hydrogen-bond donors (Lipinski definition) is 2. The Bertz CT molecular complexity index is 1170.